The number of carbonyl (C=O) groups excluding carboxylic acids is 3. The van der Waals surface area contributed by atoms with Gasteiger partial charge in [0, 0.05) is 6.42 Å². The zero-order chi connectivity index (χ0) is 26.5. The lowest BCUT2D eigenvalue weighted by Crippen LogP contribution is -2.56. The predicted octanol–water partition coefficient (Wildman–Crippen LogP) is -1.58. The van der Waals surface area contributed by atoms with E-state index in [1.165, 1.54) is 31.2 Å². The standard InChI is InChI=1S/C22H33N5O8/c1-12(19(31)27-17(22(34)35)10-13-5-7-14(28)8-6-13)25-21(33)16(4-2-3-9-23)26-20(32)15(24)11-18(29)30/h5-8,12,15-17,28H,2-4,9-11,23-24H2,1H3,(H,25,33)(H,26,32)(H,27,31)(H,29,30)(H,34,35). The summed E-state index contributed by atoms with van der Waals surface area (Å²) >= 11 is 0. The first-order valence-corrected chi connectivity index (χ1v) is 11.0. The second-order valence-corrected chi connectivity index (χ2v) is 8.05. The fourth-order valence-electron chi connectivity index (χ4n) is 3.07. The molecule has 1 aromatic rings. The zero-order valence-electron chi connectivity index (χ0n) is 19.4. The topological polar surface area (TPSA) is 234 Å². The fraction of sp³-hybridized carbons (Fsp3) is 0.500. The molecule has 4 unspecified atom stereocenters. The molecule has 0 radical (unpaired) electrons. The molecule has 13 heteroatoms. The number of phenols is 1. The number of nitrogens with two attached hydrogens (primary N) is 2. The van der Waals surface area contributed by atoms with Gasteiger partial charge in [-0.25, -0.2) is 4.79 Å². The van der Waals surface area contributed by atoms with Crippen LogP contribution in [-0.4, -0.2) is 75.7 Å². The SMILES string of the molecule is CC(NC(=O)C(CCCCN)NC(=O)C(N)CC(=O)O)C(=O)NC(Cc1ccc(O)cc1)C(=O)O. The number of benzene rings is 1. The van der Waals surface area contributed by atoms with Crippen LogP contribution in [0.25, 0.3) is 0 Å². The van der Waals surface area contributed by atoms with E-state index < -0.39 is 60.2 Å². The highest BCUT2D eigenvalue weighted by Gasteiger charge is 2.28. The molecule has 4 atom stereocenters. The van der Waals surface area contributed by atoms with Crippen molar-refractivity contribution in [3.8, 4) is 5.75 Å². The second kappa shape index (κ2) is 14.5. The van der Waals surface area contributed by atoms with Gasteiger partial charge < -0.3 is 42.7 Å². The van der Waals surface area contributed by atoms with Gasteiger partial charge in [-0.3, -0.25) is 19.2 Å². The number of unbranched alkanes of at least 4 members (excludes halogenated alkanes) is 1. The normalized spacial score (nSPS) is 14.1. The van der Waals surface area contributed by atoms with Crippen LogP contribution in [0.15, 0.2) is 24.3 Å². The third-order valence-corrected chi connectivity index (χ3v) is 5.05. The number of hydrogen-bond donors (Lipinski definition) is 8. The van der Waals surface area contributed by atoms with Crippen molar-refractivity contribution in [3.05, 3.63) is 29.8 Å². The number of carboxylic acids is 2. The monoisotopic (exact) mass is 495 g/mol. The molecule has 1 rings (SSSR count). The molecule has 0 heterocycles. The van der Waals surface area contributed by atoms with Crippen molar-refractivity contribution in [3.63, 3.8) is 0 Å². The minimum Gasteiger partial charge on any atom is -0.508 e. The first-order valence-electron chi connectivity index (χ1n) is 11.0. The summed E-state index contributed by atoms with van der Waals surface area (Å²) in [7, 11) is 0. The number of aliphatic carboxylic acids is 2. The molecule has 3 amide bonds. The molecule has 35 heavy (non-hydrogen) atoms. The predicted molar refractivity (Wildman–Crippen MR) is 124 cm³/mol. The Bertz CT molecular complexity index is 892. The molecule has 0 spiro atoms. The lowest BCUT2D eigenvalue weighted by Gasteiger charge is -2.23. The number of carboxylic acid groups (broad SMARTS) is 2. The Hall–Kier alpha value is -3.71. The highest BCUT2D eigenvalue weighted by molar-refractivity contribution is 5.94. The van der Waals surface area contributed by atoms with E-state index in [1.54, 1.807) is 0 Å². The molecule has 0 aliphatic heterocycles. The minimum absolute atomic E-state index is 0.0121. The van der Waals surface area contributed by atoms with Gasteiger partial charge in [-0.2, -0.15) is 0 Å². The first kappa shape index (κ1) is 29.3. The largest absolute Gasteiger partial charge is 0.508 e. The van der Waals surface area contributed by atoms with E-state index in [4.69, 9.17) is 16.6 Å². The number of amides is 3. The third kappa shape index (κ3) is 10.8. The number of hydrogen-bond acceptors (Lipinski definition) is 8. The first-order chi connectivity index (χ1) is 16.4. The van der Waals surface area contributed by atoms with E-state index in [0.717, 1.165) is 0 Å². The lowest BCUT2D eigenvalue weighted by atomic mass is 10.0. The number of aromatic hydroxyl groups is 1. The molecule has 10 N–H and O–H groups in total. The van der Waals surface area contributed by atoms with Gasteiger partial charge in [0.25, 0.3) is 0 Å². The molecule has 1 aromatic carbocycles. The van der Waals surface area contributed by atoms with E-state index in [-0.39, 0.29) is 18.6 Å². The van der Waals surface area contributed by atoms with Crippen molar-refractivity contribution in [2.24, 2.45) is 11.5 Å². The Labute approximate surface area is 202 Å². The maximum atomic E-state index is 12.7. The van der Waals surface area contributed by atoms with E-state index in [0.29, 0.717) is 24.9 Å². The number of nitrogens with one attached hydrogen (secondary N) is 3. The smallest absolute Gasteiger partial charge is 0.326 e. The zero-order valence-corrected chi connectivity index (χ0v) is 19.4. The van der Waals surface area contributed by atoms with E-state index >= 15 is 0 Å². The summed E-state index contributed by atoms with van der Waals surface area (Å²) < 4.78 is 0. The molecule has 0 saturated heterocycles. The molecular formula is C22H33N5O8. The average molecular weight is 496 g/mol. The fourth-order valence-corrected chi connectivity index (χ4v) is 3.07. The number of phenolic OH excluding ortho intramolecular Hbond substituents is 1. The Morgan fingerprint density at radius 3 is 2.03 bits per heavy atom. The highest BCUT2D eigenvalue weighted by Crippen LogP contribution is 2.11. The summed E-state index contributed by atoms with van der Waals surface area (Å²) in [5.74, 6) is -4.87. The average Bonchev–Trinajstić information content (AvgIpc) is 2.78. The molecule has 194 valence electrons. The molecule has 0 aliphatic rings. The summed E-state index contributed by atoms with van der Waals surface area (Å²) in [5, 5.41) is 34.8. The van der Waals surface area contributed by atoms with Crippen molar-refractivity contribution in [2.45, 2.75) is 63.2 Å². The summed E-state index contributed by atoms with van der Waals surface area (Å²) in [6.07, 6.45) is 0.522. The van der Waals surface area contributed by atoms with Gasteiger partial charge in [0.1, 0.15) is 23.9 Å². The quantitative estimate of drug-likeness (QED) is 0.130. The van der Waals surface area contributed by atoms with E-state index in [1.807, 2.05) is 0 Å². The van der Waals surface area contributed by atoms with Crippen molar-refractivity contribution in [1.82, 2.24) is 16.0 Å². The third-order valence-electron chi connectivity index (χ3n) is 5.05. The Balaban J connectivity index is 2.79. The highest BCUT2D eigenvalue weighted by atomic mass is 16.4. The van der Waals surface area contributed by atoms with Crippen LogP contribution < -0.4 is 27.4 Å². The van der Waals surface area contributed by atoms with Gasteiger partial charge in [0.05, 0.1) is 12.5 Å². The molecular weight excluding hydrogens is 462 g/mol. The van der Waals surface area contributed by atoms with Crippen LogP contribution in [0, 0.1) is 0 Å². The Morgan fingerprint density at radius 1 is 0.886 bits per heavy atom. The summed E-state index contributed by atoms with van der Waals surface area (Å²) in [6, 6.07) is 0.913. The Morgan fingerprint density at radius 2 is 1.49 bits per heavy atom. The van der Waals surface area contributed by atoms with Gasteiger partial charge in [-0.1, -0.05) is 12.1 Å². The van der Waals surface area contributed by atoms with Crippen LogP contribution in [0.2, 0.25) is 0 Å². The van der Waals surface area contributed by atoms with Gasteiger partial charge in [0.15, 0.2) is 0 Å². The minimum atomic E-state index is -1.37. The molecule has 0 aliphatic carbocycles. The maximum Gasteiger partial charge on any atom is 0.326 e. The molecule has 0 bridgehead atoms. The summed E-state index contributed by atoms with van der Waals surface area (Å²) in [4.78, 5) is 59.9. The van der Waals surface area contributed by atoms with Crippen LogP contribution in [-0.2, 0) is 30.4 Å². The van der Waals surface area contributed by atoms with Crippen LogP contribution in [0.4, 0.5) is 0 Å². The van der Waals surface area contributed by atoms with Gasteiger partial charge in [0.2, 0.25) is 17.7 Å². The lowest BCUT2D eigenvalue weighted by molar-refractivity contribution is -0.142. The van der Waals surface area contributed by atoms with E-state index in [9.17, 15) is 34.2 Å². The molecule has 0 saturated carbocycles. The molecule has 13 nitrogen and oxygen atoms in total. The molecule has 0 fully saturated rings. The van der Waals surface area contributed by atoms with Gasteiger partial charge in [-0.05, 0) is 50.4 Å². The summed E-state index contributed by atoms with van der Waals surface area (Å²) in [5.41, 5.74) is 11.6. The number of rotatable bonds is 15. The second-order valence-electron chi connectivity index (χ2n) is 8.05. The van der Waals surface area contributed by atoms with Gasteiger partial charge in [-0.15, -0.1) is 0 Å². The molecule has 0 aromatic heterocycles. The maximum absolute atomic E-state index is 12.7. The van der Waals surface area contributed by atoms with E-state index in [2.05, 4.69) is 16.0 Å². The van der Waals surface area contributed by atoms with Crippen LogP contribution in [0.3, 0.4) is 0 Å². The van der Waals surface area contributed by atoms with Gasteiger partial charge >= 0.3 is 11.9 Å². The van der Waals surface area contributed by atoms with Crippen LogP contribution in [0.5, 0.6) is 5.75 Å². The summed E-state index contributed by atoms with van der Waals surface area (Å²) in [6.45, 7) is 1.71. The van der Waals surface area contributed by atoms with Crippen molar-refractivity contribution in [1.29, 1.82) is 0 Å². The number of carbonyl (C=O) groups is 5. The van der Waals surface area contributed by atoms with Crippen molar-refractivity contribution < 1.29 is 39.3 Å². The van der Waals surface area contributed by atoms with Crippen molar-refractivity contribution >= 4 is 29.7 Å². The van der Waals surface area contributed by atoms with Crippen molar-refractivity contribution in [2.75, 3.05) is 6.54 Å². The Kier molecular flexibility index (Phi) is 12.2. The van der Waals surface area contributed by atoms with Crippen LogP contribution >= 0.6 is 0 Å². The van der Waals surface area contributed by atoms with Crippen LogP contribution in [0.1, 0.15) is 38.2 Å².